The Morgan fingerprint density at radius 3 is 2.00 bits per heavy atom. The first-order chi connectivity index (χ1) is 9.42. The minimum absolute atomic E-state index is 0.285. The first-order valence-electron chi connectivity index (χ1n) is 6.45. The van der Waals surface area contributed by atoms with Crippen LogP contribution in [0, 0.1) is 0 Å². The average Bonchev–Trinajstić information content (AvgIpc) is 2.69. The highest BCUT2D eigenvalue weighted by atomic mass is 16.7. The maximum atomic E-state index is 5.74. The van der Waals surface area contributed by atoms with Crippen molar-refractivity contribution in [3.05, 3.63) is 77.4 Å². The molecule has 0 saturated heterocycles. The van der Waals surface area contributed by atoms with E-state index in [-0.39, 0.29) is 6.29 Å². The summed E-state index contributed by atoms with van der Waals surface area (Å²) in [5.74, 6) is 0. The fraction of sp³-hybridized carbons (Fsp3) is 0.176. The molecule has 1 heterocycles. The SMILES string of the molecule is C(=C\C1OCc2ccccc2CO1)/c1ccccc1. The smallest absolute Gasteiger partial charge is 0.177 e. The summed E-state index contributed by atoms with van der Waals surface area (Å²) in [6.07, 6.45) is 3.70. The van der Waals surface area contributed by atoms with Crippen molar-refractivity contribution in [3.8, 4) is 0 Å². The van der Waals surface area contributed by atoms with Gasteiger partial charge in [-0.05, 0) is 22.8 Å². The Bertz CT molecular complexity index is 533. The highest BCUT2D eigenvalue weighted by molar-refractivity contribution is 5.49. The van der Waals surface area contributed by atoms with Gasteiger partial charge in [0.05, 0.1) is 13.2 Å². The topological polar surface area (TPSA) is 18.5 Å². The maximum absolute atomic E-state index is 5.74. The summed E-state index contributed by atoms with van der Waals surface area (Å²) >= 11 is 0. The van der Waals surface area contributed by atoms with E-state index in [9.17, 15) is 0 Å². The summed E-state index contributed by atoms with van der Waals surface area (Å²) in [6.45, 7) is 1.19. The van der Waals surface area contributed by atoms with Gasteiger partial charge in [-0.3, -0.25) is 0 Å². The van der Waals surface area contributed by atoms with Crippen molar-refractivity contribution in [1.82, 2.24) is 0 Å². The Labute approximate surface area is 113 Å². The Kier molecular flexibility index (Phi) is 3.73. The molecule has 0 spiro atoms. The monoisotopic (exact) mass is 252 g/mol. The zero-order valence-electron chi connectivity index (χ0n) is 10.7. The molecular formula is C17H16O2. The first-order valence-corrected chi connectivity index (χ1v) is 6.45. The minimum Gasteiger partial charge on any atom is -0.344 e. The number of hydrogen-bond donors (Lipinski definition) is 0. The van der Waals surface area contributed by atoms with Crippen molar-refractivity contribution < 1.29 is 9.47 Å². The van der Waals surface area contributed by atoms with Crippen LogP contribution in [-0.2, 0) is 22.7 Å². The Hall–Kier alpha value is -1.90. The van der Waals surface area contributed by atoms with Crippen LogP contribution >= 0.6 is 0 Å². The molecular weight excluding hydrogens is 236 g/mol. The van der Waals surface area contributed by atoms with Crippen molar-refractivity contribution in [3.63, 3.8) is 0 Å². The van der Waals surface area contributed by atoms with Crippen molar-refractivity contribution in [2.75, 3.05) is 0 Å². The molecule has 0 saturated carbocycles. The zero-order valence-corrected chi connectivity index (χ0v) is 10.7. The molecule has 1 aliphatic rings. The maximum Gasteiger partial charge on any atom is 0.177 e. The van der Waals surface area contributed by atoms with E-state index in [1.807, 2.05) is 42.5 Å². The third-order valence-electron chi connectivity index (χ3n) is 3.17. The molecule has 0 atom stereocenters. The van der Waals surface area contributed by atoms with Crippen LogP contribution in [0.25, 0.3) is 6.08 Å². The van der Waals surface area contributed by atoms with Gasteiger partial charge in [-0.2, -0.15) is 0 Å². The highest BCUT2D eigenvalue weighted by Gasteiger charge is 2.13. The van der Waals surface area contributed by atoms with E-state index in [4.69, 9.17) is 9.47 Å². The summed E-state index contributed by atoms with van der Waals surface area (Å²) in [6, 6.07) is 18.4. The summed E-state index contributed by atoms with van der Waals surface area (Å²) in [5, 5.41) is 0. The largest absolute Gasteiger partial charge is 0.344 e. The summed E-state index contributed by atoms with van der Waals surface area (Å²) in [7, 11) is 0. The first kappa shape index (κ1) is 12.2. The van der Waals surface area contributed by atoms with Gasteiger partial charge >= 0.3 is 0 Å². The third-order valence-corrected chi connectivity index (χ3v) is 3.17. The van der Waals surface area contributed by atoms with E-state index in [2.05, 4.69) is 24.3 Å². The lowest BCUT2D eigenvalue weighted by Crippen LogP contribution is -2.10. The quantitative estimate of drug-likeness (QED) is 0.810. The summed E-state index contributed by atoms with van der Waals surface area (Å²) < 4.78 is 11.5. The molecule has 0 aromatic heterocycles. The van der Waals surface area contributed by atoms with Gasteiger partial charge in [-0.1, -0.05) is 60.7 Å². The minimum atomic E-state index is -0.285. The van der Waals surface area contributed by atoms with Gasteiger partial charge < -0.3 is 9.47 Å². The second kappa shape index (κ2) is 5.83. The van der Waals surface area contributed by atoms with Crippen LogP contribution in [0.1, 0.15) is 16.7 Å². The van der Waals surface area contributed by atoms with Crippen molar-refractivity contribution in [1.29, 1.82) is 0 Å². The van der Waals surface area contributed by atoms with E-state index < -0.39 is 0 Å². The second-order valence-corrected chi connectivity index (χ2v) is 4.53. The molecule has 2 nitrogen and oxygen atoms in total. The zero-order chi connectivity index (χ0) is 12.9. The predicted octanol–water partition coefficient (Wildman–Crippen LogP) is 3.77. The lowest BCUT2D eigenvalue weighted by Gasteiger charge is -2.10. The molecule has 1 aliphatic heterocycles. The molecule has 96 valence electrons. The predicted molar refractivity (Wildman–Crippen MR) is 75.3 cm³/mol. The van der Waals surface area contributed by atoms with Crippen LogP contribution in [0.4, 0.5) is 0 Å². The Balaban J connectivity index is 1.68. The van der Waals surface area contributed by atoms with Crippen LogP contribution in [0.2, 0.25) is 0 Å². The van der Waals surface area contributed by atoms with Crippen LogP contribution in [0.15, 0.2) is 60.7 Å². The summed E-state index contributed by atoms with van der Waals surface area (Å²) in [4.78, 5) is 0. The highest BCUT2D eigenvalue weighted by Crippen LogP contribution is 2.19. The molecule has 0 N–H and O–H groups in total. The fourth-order valence-corrected chi connectivity index (χ4v) is 2.10. The van der Waals surface area contributed by atoms with Gasteiger partial charge in [-0.15, -0.1) is 0 Å². The molecule has 19 heavy (non-hydrogen) atoms. The molecule has 0 radical (unpaired) electrons. The Morgan fingerprint density at radius 1 is 0.789 bits per heavy atom. The molecule has 0 aliphatic carbocycles. The van der Waals surface area contributed by atoms with Crippen LogP contribution in [-0.4, -0.2) is 6.29 Å². The Morgan fingerprint density at radius 2 is 1.37 bits per heavy atom. The number of benzene rings is 2. The second-order valence-electron chi connectivity index (χ2n) is 4.53. The molecule has 3 rings (SSSR count). The molecule has 0 fully saturated rings. The van der Waals surface area contributed by atoms with Gasteiger partial charge in [0.15, 0.2) is 6.29 Å². The van der Waals surface area contributed by atoms with Crippen LogP contribution in [0.5, 0.6) is 0 Å². The van der Waals surface area contributed by atoms with Gasteiger partial charge in [0.2, 0.25) is 0 Å². The number of ether oxygens (including phenoxy) is 2. The average molecular weight is 252 g/mol. The standard InChI is InChI=1S/C17H16O2/c1-2-6-14(7-3-1)10-11-17-18-12-15-8-4-5-9-16(15)13-19-17/h1-11,17H,12-13H2/b11-10+. The van der Waals surface area contributed by atoms with Crippen molar-refractivity contribution in [2.45, 2.75) is 19.5 Å². The van der Waals surface area contributed by atoms with E-state index in [0.717, 1.165) is 5.56 Å². The van der Waals surface area contributed by atoms with Crippen LogP contribution < -0.4 is 0 Å². The van der Waals surface area contributed by atoms with Crippen molar-refractivity contribution >= 4 is 6.08 Å². The van der Waals surface area contributed by atoms with E-state index in [1.165, 1.54) is 11.1 Å². The van der Waals surface area contributed by atoms with Crippen LogP contribution in [0.3, 0.4) is 0 Å². The molecule has 2 aromatic rings. The van der Waals surface area contributed by atoms with E-state index >= 15 is 0 Å². The van der Waals surface area contributed by atoms with Gasteiger partial charge in [0.1, 0.15) is 0 Å². The number of rotatable bonds is 2. The van der Waals surface area contributed by atoms with E-state index in [1.54, 1.807) is 0 Å². The van der Waals surface area contributed by atoms with Gasteiger partial charge in [-0.25, -0.2) is 0 Å². The normalized spacial score (nSPS) is 16.2. The van der Waals surface area contributed by atoms with Crippen molar-refractivity contribution in [2.24, 2.45) is 0 Å². The lowest BCUT2D eigenvalue weighted by atomic mass is 10.1. The molecule has 0 bridgehead atoms. The number of fused-ring (bicyclic) bond motifs is 1. The molecule has 2 aromatic carbocycles. The third kappa shape index (κ3) is 3.11. The number of hydrogen-bond acceptors (Lipinski definition) is 2. The van der Waals surface area contributed by atoms with Gasteiger partial charge in [0, 0.05) is 0 Å². The summed E-state index contributed by atoms with van der Waals surface area (Å²) in [5.41, 5.74) is 3.56. The van der Waals surface area contributed by atoms with Gasteiger partial charge in [0.25, 0.3) is 0 Å². The van der Waals surface area contributed by atoms with E-state index in [0.29, 0.717) is 13.2 Å². The molecule has 0 unspecified atom stereocenters. The lowest BCUT2D eigenvalue weighted by molar-refractivity contribution is -0.116. The fourth-order valence-electron chi connectivity index (χ4n) is 2.10. The molecule has 0 amide bonds. The molecule has 2 heteroatoms.